The maximum Gasteiger partial charge on any atom is 0.268 e. The number of nitrogens with zero attached hydrogens (tertiary/aromatic N) is 3. The highest BCUT2D eigenvalue weighted by molar-refractivity contribution is 7.22. The summed E-state index contributed by atoms with van der Waals surface area (Å²) in [5, 5.41) is 0. The molecule has 0 amide bonds. The van der Waals surface area contributed by atoms with Crippen LogP contribution >= 0.6 is 11.3 Å². The zero-order chi connectivity index (χ0) is 23.3. The third kappa shape index (κ3) is 5.28. The Morgan fingerprint density at radius 2 is 1.76 bits per heavy atom. The minimum absolute atomic E-state index is 0.0607. The summed E-state index contributed by atoms with van der Waals surface area (Å²) in [6.45, 7) is 5.54. The molecule has 0 spiro atoms. The van der Waals surface area contributed by atoms with Gasteiger partial charge in [-0.05, 0) is 41.5 Å². The van der Waals surface area contributed by atoms with E-state index in [-0.39, 0.29) is 5.56 Å². The van der Waals surface area contributed by atoms with Crippen LogP contribution in [0.3, 0.4) is 0 Å². The van der Waals surface area contributed by atoms with Gasteiger partial charge in [0.2, 0.25) is 0 Å². The summed E-state index contributed by atoms with van der Waals surface area (Å²) in [5.74, 6) is 1.55. The Morgan fingerprint density at radius 3 is 2.50 bits per heavy atom. The van der Waals surface area contributed by atoms with Crippen LogP contribution in [0.15, 0.2) is 71.5 Å². The van der Waals surface area contributed by atoms with Crippen LogP contribution in [0.5, 0.6) is 5.75 Å². The lowest BCUT2D eigenvalue weighted by atomic mass is 10.2. The van der Waals surface area contributed by atoms with Gasteiger partial charge in [0.1, 0.15) is 16.3 Å². The fraction of sp³-hybridized carbons (Fsp3) is 0.259. The number of fused-ring (bicyclic) bond motifs is 1. The van der Waals surface area contributed by atoms with E-state index in [9.17, 15) is 4.79 Å². The van der Waals surface area contributed by atoms with Gasteiger partial charge in [0, 0.05) is 37.6 Å². The van der Waals surface area contributed by atoms with E-state index in [4.69, 9.17) is 9.72 Å². The number of piperazine rings is 1. The summed E-state index contributed by atoms with van der Waals surface area (Å²) in [6, 6.07) is 20.3. The number of aromatic nitrogens is 2. The lowest BCUT2D eigenvalue weighted by Crippen LogP contribution is -2.46. The number of nitrogens with one attached hydrogen (secondary N) is 1. The van der Waals surface area contributed by atoms with Gasteiger partial charge >= 0.3 is 0 Å². The largest absolute Gasteiger partial charge is 0.497 e. The molecule has 2 aromatic carbocycles. The van der Waals surface area contributed by atoms with Crippen molar-refractivity contribution >= 4 is 27.6 Å². The number of hydrogen-bond donors (Lipinski definition) is 1. The van der Waals surface area contributed by atoms with Crippen molar-refractivity contribution < 1.29 is 4.74 Å². The van der Waals surface area contributed by atoms with Crippen LogP contribution < -0.4 is 10.3 Å². The summed E-state index contributed by atoms with van der Waals surface area (Å²) >= 11 is 1.48. The number of ether oxygens (including phenoxy) is 1. The van der Waals surface area contributed by atoms with E-state index in [1.807, 2.05) is 36.4 Å². The van der Waals surface area contributed by atoms with Crippen molar-refractivity contribution in [3.63, 3.8) is 0 Å². The van der Waals surface area contributed by atoms with Crippen LogP contribution in [-0.2, 0) is 6.54 Å². The number of thiophene rings is 1. The summed E-state index contributed by atoms with van der Waals surface area (Å²) in [4.78, 5) is 26.4. The number of rotatable bonds is 7. The molecule has 5 rings (SSSR count). The third-order valence-corrected chi connectivity index (χ3v) is 7.29. The second-order valence-corrected chi connectivity index (χ2v) is 9.51. The van der Waals surface area contributed by atoms with Gasteiger partial charge in [0.15, 0.2) is 0 Å². The monoisotopic (exact) mass is 472 g/mol. The molecule has 0 bridgehead atoms. The Morgan fingerprint density at radius 1 is 1.03 bits per heavy atom. The molecular weight excluding hydrogens is 444 g/mol. The second kappa shape index (κ2) is 10.3. The van der Waals surface area contributed by atoms with Crippen LogP contribution in [0.2, 0.25) is 0 Å². The molecule has 0 aliphatic carbocycles. The highest BCUT2D eigenvalue weighted by Crippen LogP contribution is 2.31. The molecule has 1 fully saturated rings. The zero-order valence-corrected chi connectivity index (χ0v) is 20.1. The number of hydrogen-bond acceptors (Lipinski definition) is 6. The molecule has 3 heterocycles. The van der Waals surface area contributed by atoms with E-state index in [1.165, 1.54) is 16.9 Å². The Kier molecular flexibility index (Phi) is 6.85. The van der Waals surface area contributed by atoms with Gasteiger partial charge < -0.3 is 9.72 Å². The number of aromatic amines is 1. The smallest absolute Gasteiger partial charge is 0.268 e. The van der Waals surface area contributed by atoms with Crippen LogP contribution in [0.4, 0.5) is 0 Å². The minimum Gasteiger partial charge on any atom is -0.497 e. The van der Waals surface area contributed by atoms with Crippen molar-refractivity contribution in [2.75, 3.05) is 39.8 Å². The highest BCUT2D eigenvalue weighted by atomic mass is 32.1. The van der Waals surface area contributed by atoms with Crippen molar-refractivity contribution in [3.8, 4) is 16.2 Å². The molecule has 2 aromatic heterocycles. The lowest BCUT2D eigenvalue weighted by molar-refractivity contribution is 0.134. The molecule has 7 heteroatoms. The zero-order valence-electron chi connectivity index (χ0n) is 19.2. The van der Waals surface area contributed by atoms with E-state index < -0.39 is 0 Å². The van der Waals surface area contributed by atoms with Crippen molar-refractivity contribution in [2.24, 2.45) is 0 Å². The maximum atomic E-state index is 12.7. The van der Waals surface area contributed by atoms with Crippen molar-refractivity contribution in [1.29, 1.82) is 0 Å². The van der Waals surface area contributed by atoms with Crippen molar-refractivity contribution in [2.45, 2.75) is 6.54 Å². The molecule has 0 saturated carbocycles. The average molecular weight is 473 g/mol. The van der Waals surface area contributed by atoms with Crippen LogP contribution in [0, 0.1) is 0 Å². The van der Waals surface area contributed by atoms with Gasteiger partial charge in [0.05, 0.1) is 19.2 Å². The molecular formula is C27H28N4O2S. The predicted octanol–water partition coefficient (Wildman–Crippen LogP) is 4.49. The second-order valence-electron chi connectivity index (χ2n) is 8.46. The summed E-state index contributed by atoms with van der Waals surface area (Å²) in [5.41, 5.74) is 2.99. The molecule has 1 N–H and O–H groups in total. The van der Waals surface area contributed by atoms with Crippen LogP contribution in [-0.4, -0.2) is 59.6 Å². The first-order chi connectivity index (χ1) is 16.7. The van der Waals surface area contributed by atoms with Gasteiger partial charge in [-0.3, -0.25) is 14.6 Å². The number of benzene rings is 2. The predicted molar refractivity (Wildman–Crippen MR) is 139 cm³/mol. The van der Waals surface area contributed by atoms with Crippen LogP contribution in [0.1, 0.15) is 11.4 Å². The quantitative estimate of drug-likeness (QED) is 0.429. The van der Waals surface area contributed by atoms with Gasteiger partial charge in [0.25, 0.3) is 5.56 Å². The first-order valence-corrected chi connectivity index (χ1v) is 12.3. The van der Waals surface area contributed by atoms with Gasteiger partial charge in [-0.15, -0.1) is 11.3 Å². The Balaban J connectivity index is 1.20. The fourth-order valence-electron chi connectivity index (χ4n) is 4.20. The standard InChI is InChI=1S/C27H28N4O2S/c1-33-22-11-9-21(10-12-22)24-18-23-26(34-24)27(32)29-25(28-23)19-31-16-14-30(15-17-31)13-5-8-20-6-3-2-4-7-20/h2-12,18H,13-17,19H2,1H3,(H,28,29,32)/b8-5+. The molecule has 1 saturated heterocycles. The highest BCUT2D eigenvalue weighted by Gasteiger charge is 2.18. The molecule has 0 atom stereocenters. The number of H-pyrrole nitrogens is 1. The number of methoxy groups -OCH3 is 1. The SMILES string of the molecule is COc1ccc(-c2cc3nc(CN4CCN(C/C=C/c5ccccc5)CC4)[nH]c(=O)c3s2)cc1. The molecule has 1 aliphatic rings. The van der Waals surface area contributed by atoms with Crippen molar-refractivity contribution in [3.05, 3.63) is 88.5 Å². The van der Waals surface area contributed by atoms with E-state index in [1.54, 1.807) is 7.11 Å². The van der Waals surface area contributed by atoms with E-state index in [2.05, 4.69) is 51.2 Å². The first-order valence-electron chi connectivity index (χ1n) is 11.5. The molecule has 34 heavy (non-hydrogen) atoms. The first kappa shape index (κ1) is 22.5. The average Bonchev–Trinajstić information content (AvgIpc) is 3.31. The molecule has 1 aliphatic heterocycles. The third-order valence-electron chi connectivity index (χ3n) is 6.12. The molecule has 6 nitrogen and oxygen atoms in total. The van der Waals surface area contributed by atoms with Gasteiger partial charge in [-0.25, -0.2) is 4.98 Å². The van der Waals surface area contributed by atoms with E-state index in [0.29, 0.717) is 11.2 Å². The summed E-state index contributed by atoms with van der Waals surface area (Å²) in [6.07, 6.45) is 4.41. The normalized spacial score (nSPS) is 15.3. The Hall–Kier alpha value is -3.26. The minimum atomic E-state index is -0.0607. The van der Waals surface area contributed by atoms with Crippen molar-refractivity contribution in [1.82, 2.24) is 19.8 Å². The van der Waals surface area contributed by atoms with Crippen LogP contribution in [0.25, 0.3) is 26.7 Å². The Labute approximate surface area is 203 Å². The summed E-state index contributed by atoms with van der Waals surface area (Å²) in [7, 11) is 1.66. The maximum absolute atomic E-state index is 12.7. The summed E-state index contributed by atoms with van der Waals surface area (Å²) < 4.78 is 5.91. The van der Waals surface area contributed by atoms with E-state index in [0.717, 1.165) is 60.3 Å². The molecule has 0 unspecified atom stereocenters. The molecule has 0 radical (unpaired) electrons. The fourth-order valence-corrected chi connectivity index (χ4v) is 5.20. The Bertz CT molecular complexity index is 1320. The topological polar surface area (TPSA) is 61.5 Å². The van der Waals surface area contributed by atoms with E-state index >= 15 is 0 Å². The molecule has 4 aromatic rings. The van der Waals surface area contributed by atoms with Gasteiger partial charge in [-0.1, -0.05) is 42.5 Å². The lowest BCUT2D eigenvalue weighted by Gasteiger charge is -2.33. The molecule has 174 valence electrons. The van der Waals surface area contributed by atoms with Gasteiger partial charge in [-0.2, -0.15) is 0 Å².